The number of halogens is 2. The van der Waals surface area contributed by atoms with E-state index in [1.807, 2.05) is 0 Å². The lowest BCUT2D eigenvalue weighted by Gasteiger charge is -2.27. The van der Waals surface area contributed by atoms with Crippen LogP contribution in [0.1, 0.15) is 12.5 Å². The highest BCUT2D eigenvalue weighted by atomic mass is 32.7. The number of aromatic nitrogens is 8. The molecule has 2 aliphatic rings. The summed E-state index contributed by atoms with van der Waals surface area (Å²) < 4.78 is 63.5. The quantitative estimate of drug-likeness (QED) is 0.113. The van der Waals surface area contributed by atoms with Gasteiger partial charge in [0.2, 0.25) is 5.95 Å². The fraction of sp³-hybridized carbons (Fsp3) is 0.500. The Morgan fingerprint density at radius 2 is 1.73 bits per heavy atom. The van der Waals surface area contributed by atoms with E-state index in [2.05, 4.69) is 42.2 Å². The molecule has 220 valence electrons. The highest BCUT2D eigenvalue weighted by Gasteiger charge is 2.56. The SMILES string of the molecule is Nc1nc2c(ncn2C2O[C@H](CO)[C@H](F)[C@H]2[P@](=O)(S)OC[C@H]2O[C@@H](n3cnc4c(N)ncnc43)[C@@H](F)[C@@H]2O)c(=O)[nH]1. The maximum absolute atomic E-state index is 15.5. The van der Waals surface area contributed by atoms with Crippen molar-refractivity contribution >= 4 is 52.9 Å². The second kappa shape index (κ2) is 10.2. The molecule has 9 atom stereocenters. The molecule has 6 rings (SSSR count). The maximum atomic E-state index is 15.5. The third-order valence-corrected chi connectivity index (χ3v) is 9.91. The van der Waals surface area contributed by atoms with Gasteiger partial charge in [-0.15, -0.1) is 0 Å². The zero-order valence-corrected chi connectivity index (χ0v) is 22.4. The van der Waals surface area contributed by atoms with Crippen molar-refractivity contribution in [2.75, 3.05) is 24.7 Å². The molecule has 1 unspecified atom stereocenters. The average Bonchev–Trinajstić information content (AvgIpc) is 3.68. The number of aliphatic hydroxyl groups is 2. The number of hydrogen-bond donors (Lipinski definition) is 6. The molecule has 0 bridgehead atoms. The standard InChI is InChI=1S/C20H23F2N10O7PS/c21-8-6(1-33)38-19(32-5-28-11-16(32)29-20(24)30-17(11)35)13(8)40(36,41)37-2-7-12(34)9(22)18(39-7)31-4-27-10-14(23)25-3-26-15(10)31/h3-9,12-13,18-19,33-34H,1-2H2,(H,36,41)(H2,23,25,26)(H3,24,29,30,35)/t6-,7-,8+,9+,12-,13-,18-,19?,40-/m1/s1. The van der Waals surface area contributed by atoms with E-state index in [1.54, 1.807) is 0 Å². The molecule has 41 heavy (non-hydrogen) atoms. The summed E-state index contributed by atoms with van der Waals surface area (Å²) in [6, 6.07) is 0. The summed E-state index contributed by atoms with van der Waals surface area (Å²) in [7, 11) is 0. The molecule has 7 N–H and O–H groups in total. The maximum Gasteiger partial charge on any atom is 0.280 e. The summed E-state index contributed by atoms with van der Waals surface area (Å²) in [6.07, 6.45) is -7.98. The van der Waals surface area contributed by atoms with Crippen LogP contribution in [0.15, 0.2) is 23.8 Å². The smallest absolute Gasteiger partial charge is 0.280 e. The van der Waals surface area contributed by atoms with Crippen LogP contribution in [0.5, 0.6) is 0 Å². The predicted octanol–water partition coefficient (Wildman–Crippen LogP) is -0.544. The normalized spacial score (nSPS) is 31.7. The average molecular weight is 617 g/mol. The van der Waals surface area contributed by atoms with Gasteiger partial charge in [-0.1, -0.05) is 12.2 Å². The molecular formula is C20H23F2N10O7PS. The van der Waals surface area contributed by atoms with Crippen molar-refractivity contribution < 1.29 is 37.6 Å². The Labute approximate surface area is 232 Å². The Kier molecular flexibility index (Phi) is 6.96. The molecule has 2 aliphatic heterocycles. The summed E-state index contributed by atoms with van der Waals surface area (Å²) in [4.78, 5) is 34.3. The summed E-state index contributed by atoms with van der Waals surface area (Å²) in [5.74, 6) is -0.204. The van der Waals surface area contributed by atoms with Gasteiger partial charge in [-0.25, -0.2) is 28.7 Å². The first kappa shape index (κ1) is 27.9. The number of nitrogens with two attached hydrogens (primary N) is 2. The number of thiol groups is 1. The number of rotatable bonds is 7. The van der Waals surface area contributed by atoms with E-state index < -0.39 is 74.1 Å². The second-order valence-corrected chi connectivity index (χ2v) is 13.1. The van der Waals surface area contributed by atoms with Crippen LogP contribution in [0.3, 0.4) is 0 Å². The molecule has 2 saturated heterocycles. The molecule has 0 aromatic carbocycles. The molecule has 4 aromatic rings. The molecule has 6 heterocycles. The molecule has 0 radical (unpaired) electrons. The van der Waals surface area contributed by atoms with Gasteiger partial charge in [-0.05, 0) is 0 Å². The van der Waals surface area contributed by atoms with Crippen molar-refractivity contribution in [1.29, 1.82) is 0 Å². The van der Waals surface area contributed by atoms with Crippen molar-refractivity contribution in [2.24, 2.45) is 0 Å². The molecule has 2 fully saturated rings. The Balaban J connectivity index is 1.25. The van der Waals surface area contributed by atoms with Crippen molar-refractivity contribution in [3.05, 3.63) is 29.3 Å². The van der Waals surface area contributed by atoms with Gasteiger partial charge in [-0.3, -0.25) is 23.5 Å². The number of aromatic amines is 1. The fourth-order valence-corrected chi connectivity index (χ4v) is 7.49. The van der Waals surface area contributed by atoms with E-state index in [4.69, 9.17) is 25.5 Å². The minimum Gasteiger partial charge on any atom is -0.394 e. The Morgan fingerprint density at radius 1 is 1.05 bits per heavy atom. The van der Waals surface area contributed by atoms with Crippen LogP contribution >= 0.6 is 18.8 Å². The number of aliphatic hydroxyl groups excluding tert-OH is 2. The first-order valence-corrected chi connectivity index (χ1v) is 14.9. The van der Waals surface area contributed by atoms with Gasteiger partial charge in [-0.2, -0.15) is 4.98 Å². The monoisotopic (exact) mass is 616 g/mol. The van der Waals surface area contributed by atoms with Crippen LogP contribution in [0.25, 0.3) is 22.3 Å². The lowest BCUT2D eigenvalue weighted by Crippen LogP contribution is -2.33. The number of hydrogen-bond acceptors (Lipinski definition) is 14. The van der Waals surface area contributed by atoms with Gasteiger partial charge in [0.05, 0.1) is 25.9 Å². The van der Waals surface area contributed by atoms with Crippen LogP contribution in [-0.2, 0) is 18.6 Å². The molecule has 0 amide bonds. The van der Waals surface area contributed by atoms with Gasteiger partial charge < -0.3 is 35.7 Å². The van der Waals surface area contributed by atoms with Crippen LogP contribution < -0.4 is 17.0 Å². The van der Waals surface area contributed by atoms with E-state index >= 15 is 8.78 Å². The minimum atomic E-state index is -4.35. The molecular weight excluding hydrogens is 593 g/mol. The molecule has 0 aliphatic carbocycles. The van der Waals surface area contributed by atoms with Crippen LogP contribution in [0.2, 0.25) is 0 Å². The Hall–Kier alpha value is -3.26. The van der Waals surface area contributed by atoms with Crippen LogP contribution in [-0.4, -0.2) is 98.8 Å². The van der Waals surface area contributed by atoms with Crippen LogP contribution in [0, 0.1) is 0 Å². The summed E-state index contributed by atoms with van der Waals surface area (Å²) in [5, 5.41) is 20.2. The largest absolute Gasteiger partial charge is 0.394 e. The molecule has 4 aromatic heterocycles. The first-order valence-electron chi connectivity index (χ1n) is 12.0. The lowest BCUT2D eigenvalue weighted by atomic mass is 10.1. The van der Waals surface area contributed by atoms with Crippen LogP contribution in [0.4, 0.5) is 20.5 Å². The highest BCUT2D eigenvalue weighted by molar-refractivity contribution is 8.46. The summed E-state index contributed by atoms with van der Waals surface area (Å²) >= 11 is 4.12. The number of nitrogens with one attached hydrogen (secondary N) is 1. The van der Waals surface area contributed by atoms with E-state index in [0.29, 0.717) is 0 Å². The Bertz CT molecular complexity index is 1720. The van der Waals surface area contributed by atoms with Crippen molar-refractivity contribution in [3.63, 3.8) is 0 Å². The number of nitrogen functional groups attached to an aromatic ring is 2. The van der Waals surface area contributed by atoms with E-state index in [0.717, 1.165) is 17.2 Å². The minimum absolute atomic E-state index is 0.0575. The predicted molar refractivity (Wildman–Crippen MR) is 139 cm³/mol. The lowest BCUT2D eigenvalue weighted by molar-refractivity contribution is -0.0416. The number of nitrogens with zero attached hydrogens (tertiary/aromatic N) is 7. The van der Waals surface area contributed by atoms with Crippen molar-refractivity contribution in [3.8, 4) is 0 Å². The van der Waals surface area contributed by atoms with Gasteiger partial charge in [0.15, 0.2) is 41.3 Å². The van der Waals surface area contributed by atoms with E-state index in [1.165, 1.54) is 10.9 Å². The zero-order chi connectivity index (χ0) is 29.2. The Morgan fingerprint density at radius 3 is 2.46 bits per heavy atom. The third kappa shape index (κ3) is 4.55. The topological polar surface area (TPSA) is 244 Å². The summed E-state index contributed by atoms with van der Waals surface area (Å²) in [5.41, 5.74) is 9.17. The van der Waals surface area contributed by atoms with Gasteiger partial charge >= 0.3 is 0 Å². The first-order chi connectivity index (χ1) is 19.5. The fourth-order valence-electron chi connectivity index (χ4n) is 4.94. The van der Waals surface area contributed by atoms with E-state index in [-0.39, 0.29) is 34.1 Å². The number of H-pyrrole nitrogens is 1. The molecule has 17 nitrogen and oxygen atoms in total. The molecule has 0 spiro atoms. The highest BCUT2D eigenvalue weighted by Crippen LogP contribution is 2.64. The zero-order valence-electron chi connectivity index (χ0n) is 20.6. The van der Waals surface area contributed by atoms with Crippen molar-refractivity contribution in [1.82, 2.24) is 39.0 Å². The van der Waals surface area contributed by atoms with Gasteiger partial charge in [0.25, 0.3) is 12.1 Å². The summed E-state index contributed by atoms with van der Waals surface area (Å²) in [6.45, 7) is -5.80. The number of fused-ring (bicyclic) bond motifs is 2. The number of ether oxygens (including phenoxy) is 2. The molecule has 0 saturated carbocycles. The number of alkyl halides is 2. The second-order valence-electron chi connectivity index (χ2n) is 9.40. The third-order valence-electron chi connectivity index (χ3n) is 6.95. The van der Waals surface area contributed by atoms with Crippen molar-refractivity contribution in [2.45, 2.75) is 48.8 Å². The number of anilines is 2. The van der Waals surface area contributed by atoms with Gasteiger partial charge in [0.1, 0.15) is 42.0 Å². The van der Waals surface area contributed by atoms with Gasteiger partial charge in [0, 0.05) is 0 Å². The van der Waals surface area contributed by atoms with E-state index in [9.17, 15) is 19.6 Å². The molecule has 21 heteroatoms. The number of imidazole rings is 2.